The zero-order chi connectivity index (χ0) is 9.35. The zero-order valence-electron chi connectivity index (χ0n) is 5.59. The number of hydrogen-bond donors (Lipinski definition) is 0. The summed E-state index contributed by atoms with van der Waals surface area (Å²) in [5, 5.41) is 0.174. The van der Waals surface area contributed by atoms with Crippen LogP contribution >= 0.6 is 44.9 Å². The first-order valence-electron chi connectivity index (χ1n) is 2.81. The highest BCUT2D eigenvalue weighted by molar-refractivity contribution is 14.1. The molecule has 0 aromatic heterocycles. The number of hydrogen-bond acceptors (Lipinski definition) is 2. The predicted molar refractivity (Wildman–Crippen MR) is 57.2 cm³/mol. The summed E-state index contributed by atoms with van der Waals surface area (Å²) in [5.41, 5.74) is 0. The van der Waals surface area contributed by atoms with Crippen molar-refractivity contribution in [1.29, 1.82) is 0 Å². The fourth-order valence-electron chi connectivity index (χ4n) is 0.672. The minimum absolute atomic E-state index is 0.0438. The highest BCUT2D eigenvalue weighted by Gasteiger charge is 2.15. The van der Waals surface area contributed by atoms with Crippen molar-refractivity contribution >= 4 is 53.9 Å². The van der Waals surface area contributed by atoms with E-state index in [-0.39, 0.29) is 9.92 Å². The minimum atomic E-state index is -3.72. The Morgan fingerprint density at radius 2 is 1.92 bits per heavy atom. The molecule has 0 N–H and O–H groups in total. The highest BCUT2D eigenvalue weighted by atomic mass is 127. The van der Waals surface area contributed by atoms with Gasteiger partial charge in [0.05, 0.1) is 5.02 Å². The van der Waals surface area contributed by atoms with Gasteiger partial charge in [0.1, 0.15) is 4.90 Å². The first-order chi connectivity index (χ1) is 5.43. The summed E-state index contributed by atoms with van der Waals surface area (Å²) in [7, 11) is 1.40. The van der Waals surface area contributed by atoms with Crippen molar-refractivity contribution < 1.29 is 8.42 Å². The maximum Gasteiger partial charge on any atom is 0.262 e. The molecule has 0 radical (unpaired) electrons. The highest BCUT2D eigenvalue weighted by Crippen LogP contribution is 2.28. The second kappa shape index (κ2) is 3.69. The topological polar surface area (TPSA) is 34.1 Å². The van der Waals surface area contributed by atoms with Crippen LogP contribution in [0.5, 0.6) is 0 Å². The van der Waals surface area contributed by atoms with Crippen LogP contribution in [-0.4, -0.2) is 8.42 Å². The molecule has 0 aliphatic carbocycles. The molecule has 0 heterocycles. The van der Waals surface area contributed by atoms with Crippen molar-refractivity contribution in [2.45, 2.75) is 4.90 Å². The van der Waals surface area contributed by atoms with E-state index in [1.807, 2.05) is 22.6 Å². The predicted octanol–water partition coefficient (Wildman–Crippen LogP) is 2.87. The summed E-state index contributed by atoms with van der Waals surface area (Å²) in [6.07, 6.45) is 0. The van der Waals surface area contributed by atoms with Crippen LogP contribution in [0.1, 0.15) is 0 Å². The summed E-state index contributed by atoms with van der Waals surface area (Å²) in [6, 6.07) is 4.66. The van der Waals surface area contributed by atoms with Crippen LogP contribution in [0.4, 0.5) is 0 Å². The lowest BCUT2D eigenvalue weighted by Crippen LogP contribution is -1.92. The molecule has 0 bridgehead atoms. The third-order valence-electron chi connectivity index (χ3n) is 1.18. The van der Waals surface area contributed by atoms with E-state index in [0.717, 1.165) is 0 Å². The van der Waals surface area contributed by atoms with Gasteiger partial charge in [0.15, 0.2) is 0 Å². The fraction of sp³-hybridized carbons (Fsp3) is 0. The van der Waals surface area contributed by atoms with E-state index in [0.29, 0.717) is 3.57 Å². The second-order valence-electron chi connectivity index (χ2n) is 1.99. The van der Waals surface area contributed by atoms with Crippen LogP contribution in [0.2, 0.25) is 5.02 Å². The monoisotopic (exact) mass is 336 g/mol. The molecule has 1 aromatic rings. The van der Waals surface area contributed by atoms with Gasteiger partial charge in [-0.25, -0.2) is 8.42 Å². The molecule has 66 valence electrons. The Balaban J connectivity index is 3.47. The fourth-order valence-corrected chi connectivity index (χ4v) is 2.85. The maximum atomic E-state index is 10.9. The van der Waals surface area contributed by atoms with E-state index >= 15 is 0 Å². The lowest BCUT2D eigenvalue weighted by molar-refractivity contribution is 0.609. The average Bonchev–Trinajstić information content (AvgIpc) is 1.92. The molecular weight excluding hydrogens is 334 g/mol. The standard InChI is InChI=1S/C6H3Cl2IO2S/c7-6-4(9)2-1-3-5(6)12(8,10)11/h1-3H. The Labute approximate surface area is 93.4 Å². The van der Waals surface area contributed by atoms with Crippen molar-refractivity contribution in [1.82, 2.24) is 0 Å². The van der Waals surface area contributed by atoms with Gasteiger partial charge < -0.3 is 0 Å². The molecule has 6 heteroatoms. The molecule has 12 heavy (non-hydrogen) atoms. The molecule has 1 rings (SSSR count). The second-order valence-corrected chi connectivity index (χ2v) is 6.06. The first kappa shape index (κ1) is 10.6. The van der Waals surface area contributed by atoms with Crippen molar-refractivity contribution in [3.63, 3.8) is 0 Å². The Bertz CT molecular complexity index is 402. The van der Waals surface area contributed by atoms with E-state index in [1.54, 1.807) is 12.1 Å². The normalized spacial score (nSPS) is 11.6. The summed E-state index contributed by atoms with van der Waals surface area (Å²) in [5.74, 6) is 0. The van der Waals surface area contributed by atoms with E-state index in [1.165, 1.54) is 6.07 Å². The van der Waals surface area contributed by atoms with Crippen LogP contribution in [-0.2, 0) is 9.05 Å². The molecule has 0 aliphatic heterocycles. The van der Waals surface area contributed by atoms with Gasteiger partial charge in [-0.05, 0) is 34.7 Å². The lowest BCUT2D eigenvalue weighted by Gasteiger charge is -2.00. The van der Waals surface area contributed by atoms with Gasteiger partial charge in [-0.3, -0.25) is 0 Å². The zero-order valence-corrected chi connectivity index (χ0v) is 10.1. The summed E-state index contributed by atoms with van der Waals surface area (Å²) < 4.78 is 22.4. The molecular formula is C6H3Cl2IO2S. The van der Waals surface area contributed by atoms with Crippen LogP contribution in [0.25, 0.3) is 0 Å². The molecule has 0 fully saturated rings. The number of halogens is 3. The average molecular weight is 337 g/mol. The Hall–Kier alpha value is 0.480. The van der Waals surface area contributed by atoms with Gasteiger partial charge in [0.2, 0.25) is 0 Å². The van der Waals surface area contributed by atoms with Crippen molar-refractivity contribution in [3.05, 3.63) is 26.8 Å². The van der Waals surface area contributed by atoms with Gasteiger partial charge in [0.25, 0.3) is 9.05 Å². The first-order valence-corrected chi connectivity index (χ1v) is 6.58. The third-order valence-corrected chi connectivity index (χ3v) is 4.28. The van der Waals surface area contributed by atoms with Gasteiger partial charge in [-0.2, -0.15) is 0 Å². The molecule has 0 aliphatic rings. The van der Waals surface area contributed by atoms with Gasteiger partial charge in [-0.15, -0.1) is 0 Å². The van der Waals surface area contributed by atoms with Crippen LogP contribution < -0.4 is 0 Å². The maximum absolute atomic E-state index is 10.9. The minimum Gasteiger partial charge on any atom is -0.207 e. The van der Waals surface area contributed by atoms with Crippen LogP contribution in [0, 0.1) is 3.57 Å². The van der Waals surface area contributed by atoms with Crippen molar-refractivity contribution in [2.75, 3.05) is 0 Å². The van der Waals surface area contributed by atoms with Gasteiger partial charge in [0, 0.05) is 14.3 Å². The van der Waals surface area contributed by atoms with Gasteiger partial charge in [-0.1, -0.05) is 17.7 Å². The van der Waals surface area contributed by atoms with Gasteiger partial charge >= 0.3 is 0 Å². The molecule has 0 amide bonds. The Morgan fingerprint density at radius 3 is 2.33 bits per heavy atom. The lowest BCUT2D eigenvalue weighted by atomic mass is 10.4. The van der Waals surface area contributed by atoms with Crippen LogP contribution in [0.15, 0.2) is 23.1 Å². The smallest absolute Gasteiger partial charge is 0.207 e. The molecule has 0 spiro atoms. The largest absolute Gasteiger partial charge is 0.262 e. The summed E-state index contributed by atoms with van der Waals surface area (Å²) >= 11 is 7.64. The van der Waals surface area contributed by atoms with E-state index in [4.69, 9.17) is 22.3 Å². The molecule has 2 nitrogen and oxygen atoms in total. The summed E-state index contributed by atoms with van der Waals surface area (Å²) in [6.45, 7) is 0. The third kappa shape index (κ3) is 2.25. The SMILES string of the molecule is O=S(=O)(Cl)c1cccc(I)c1Cl. The number of rotatable bonds is 1. The molecule has 1 aromatic carbocycles. The molecule has 0 saturated heterocycles. The van der Waals surface area contributed by atoms with E-state index in [2.05, 4.69) is 0 Å². The quantitative estimate of drug-likeness (QED) is 0.583. The Morgan fingerprint density at radius 1 is 1.33 bits per heavy atom. The van der Waals surface area contributed by atoms with Crippen molar-refractivity contribution in [2.24, 2.45) is 0 Å². The summed E-state index contributed by atoms with van der Waals surface area (Å²) in [4.78, 5) is -0.0438. The Kier molecular flexibility index (Phi) is 3.25. The molecule has 0 unspecified atom stereocenters. The van der Waals surface area contributed by atoms with Crippen LogP contribution in [0.3, 0.4) is 0 Å². The van der Waals surface area contributed by atoms with Crippen molar-refractivity contribution in [3.8, 4) is 0 Å². The van der Waals surface area contributed by atoms with E-state index < -0.39 is 9.05 Å². The molecule has 0 saturated carbocycles. The van der Waals surface area contributed by atoms with E-state index in [9.17, 15) is 8.42 Å². The number of benzene rings is 1. The molecule has 0 atom stereocenters.